The van der Waals surface area contributed by atoms with E-state index in [9.17, 15) is 14.9 Å². The summed E-state index contributed by atoms with van der Waals surface area (Å²) in [5.41, 5.74) is 0.344. The van der Waals surface area contributed by atoms with Crippen LogP contribution in [0.1, 0.15) is 18.6 Å². The summed E-state index contributed by atoms with van der Waals surface area (Å²) >= 11 is 5.93. The van der Waals surface area contributed by atoms with Crippen molar-refractivity contribution in [2.45, 2.75) is 19.1 Å². The average molecular weight is 272 g/mol. The van der Waals surface area contributed by atoms with Crippen LogP contribution in [0.2, 0.25) is 5.02 Å². The maximum Gasteiger partial charge on any atom is 0.338 e. The van der Waals surface area contributed by atoms with Gasteiger partial charge < -0.3 is 9.47 Å². The largest absolute Gasteiger partial charge is 0.464 e. The van der Waals surface area contributed by atoms with Gasteiger partial charge in [0.05, 0.1) is 11.5 Å². The molecule has 1 aromatic carbocycles. The Morgan fingerprint density at radius 3 is 2.94 bits per heavy atom. The molecule has 1 heterocycles. The van der Waals surface area contributed by atoms with Gasteiger partial charge in [-0.25, -0.2) is 4.79 Å². The third-order valence-corrected chi connectivity index (χ3v) is 2.85. The molecule has 0 bridgehead atoms. The molecule has 1 saturated heterocycles. The van der Waals surface area contributed by atoms with Crippen LogP contribution < -0.4 is 0 Å². The predicted octanol–water partition coefficient (Wildman–Crippen LogP) is 2.25. The van der Waals surface area contributed by atoms with Gasteiger partial charge in [-0.1, -0.05) is 11.6 Å². The summed E-state index contributed by atoms with van der Waals surface area (Å²) < 4.78 is 9.95. The van der Waals surface area contributed by atoms with Crippen molar-refractivity contribution in [2.75, 3.05) is 6.61 Å². The number of epoxide rings is 1. The zero-order valence-corrected chi connectivity index (χ0v) is 10.2. The molecular weight excluding hydrogens is 262 g/mol. The highest BCUT2D eigenvalue weighted by molar-refractivity contribution is 6.31. The second-order valence-corrected chi connectivity index (χ2v) is 4.10. The minimum absolute atomic E-state index is 0.0903. The molecule has 6 nitrogen and oxygen atoms in total. The summed E-state index contributed by atoms with van der Waals surface area (Å²) in [7, 11) is 0. The molecule has 0 spiro atoms. The second-order valence-electron chi connectivity index (χ2n) is 3.69. The number of non-ortho nitro benzene ring substituents is 1. The van der Waals surface area contributed by atoms with E-state index in [-0.39, 0.29) is 12.3 Å². The lowest BCUT2D eigenvalue weighted by molar-refractivity contribution is -0.384. The number of nitrogens with zero attached hydrogens (tertiary/aromatic N) is 1. The summed E-state index contributed by atoms with van der Waals surface area (Å²) in [4.78, 5) is 21.5. The van der Waals surface area contributed by atoms with Crippen LogP contribution in [0.25, 0.3) is 0 Å². The van der Waals surface area contributed by atoms with Gasteiger partial charge in [0.25, 0.3) is 5.69 Å². The lowest BCUT2D eigenvalue weighted by Gasteiger charge is -2.00. The fraction of sp³-hybridized carbons (Fsp3) is 0.364. The number of nitro benzene ring substituents is 1. The highest BCUT2D eigenvalue weighted by Gasteiger charge is 2.48. The Kier molecular flexibility index (Phi) is 3.49. The maximum atomic E-state index is 11.4. The van der Waals surface area contributed by atoms with Crippen LogP contribution in [0.15, 0.2) is 18.2 Å². The van der Waals surface area contributed by atoms with Gasteiger partial charge in [-0.05, 0) is 13.0 Å². The molecule has 1 fully saturated rings. The molecule has 2 unspecified atom stereocenters. The lowest BCUT2D eigenvalue weighted by atomic mass is 10.1. The molecular formula is C11H10ClNO5. The molecule has 0 N–H and O–H groups in total. The number of halogens is 1. The van der Waals surface area contributed by atoms with Gasteiger partial charge in [0.2, 0.25) is 0 Å². The first-order valence-electron chi connectivity index (χ1n) is 5.30. The number of hydrogen-bond acceptors (Lipinski definition) is 5. The van der Waals surface area contributed by atoms with Gasteiger partial charge in [0.1, 0.15) is 6.10 Å². The number of rotatable bonds is 4. The average Bonchev–Trinajstić information content (AvgIpc) is 3.09. The van der Waals surface area contributed by atoms with E-state index in [0.29, 0.717) is 10.6 Å². The second kappa shape index (κ2) is 4.91. The molecule has 0 aliphatic carbocycles. The number of carbonyl (C=O) groups excluding carboxylic acids is 1. The van der Waals surface area contributed by atoms with Gasteiger partial charge >= 0.3 is 5.97 Å². The Morgan fingerprint density at radius 1 is 1.61 bits per heavy atom. The van der Waals surface area contributed by atoms with Crippen molar-refractivity contribution in [3.05, 3.63) is 38.9 Å². The molecule has 1 aliphatic rings. The monoisotopic (exact) mass is 271 g/mol. The van der Waals surface area contributed by atoms with Gasteiger partial charge in [0, 0.05) is 22.7 Å². The fourth-order valence-electron chi connectivity index (χ4n) is 1.62. The molecule has 0 aromatic heterocycles. The van der Waals surface area contributed by atoms with Crippen molar-refractivity contribution in [1.29, 1.82) is 0 Å². The highest BCUT2D eigenvalue weighted by atomic mass is 35.5. The SMILES string of the molecule is CCOC(=O)C1OC1c1cc([N+](=O)[O-])ccc1Cl. The van der Waals surface area contributed by atoms with Crippen molar-refractivity contribution >= 4 is 23.3 Å². The highest BCUT2D eigenvalue weighted by Crippen LogP contribution is 2.43. The van der Waals surface area contributed by atoms with E-state index in [2.05, 4.69) is 0 Å². The number of ether oxygens (including phenoxy) is 2. The number of benzene rings is 1. The summed E-state index contributed by atoms with van der Waals surface area (Å²) in [5, 5.41) is 11.0. The number of hydrogen-bond donors (Lipinski definition) is 0. The molecule has 7 heteroatoms. The zero-order valence-electron chi connectivity index (χ0n) is 9.46. The molecule has 18 heavy (non-hydrogen) atoms. The van der Waals surface area contributed by atoms with Crippen molar-refractivity contribution in [3.8, 4) is 0 Å². The molecule has 0 radical (unpaired) electrons. The number of carbonyl (C=O) groups is 1. The standard InChI is InChI=1S/C11H10ClNO5/c1-2-17-11(14)10-9(18-10)7-5-6(13(15)16)3-4-8(7)12/h3-5,9-10H,2H2,1H3. The topological polar surface area (TPSA) is 82.0 Å². The van der Waals surface area contributed by atoms with Crippen LogP contribution in [-0.2, 0) is 14.3 Å². The van der Waals surface area contributed by atoms with Crippen molar-refractivity contribution < 1.29 is 19.2 Å². The third-order valence-electron chi connectivity index (χ3n) is 2.51. The van der Waals surface area contributed by atoms with E-state index in [1.165, 1.54) is 18.2 Å². The van der Waals surface area contributed by atoms with Gasteiger partial charge in [-0.3, -0.25) is 10.1 Å². The third kappa shape index (κ3) is 2.44. The minimum atomic E-state index is -0.718. The van der Waals surface area contributed by atoms with E-state index >= 15 is 0 Å². The van der Waals surface area contributed by atoms with E-state index in [1.54, 1.807) is 6.92 Å². The zero-order chi connectivity index (χ0) is 13.3. The molecule has 0 saturated carbocycles. The first-order chi connectivity index (χ1) is 8.54. The van der Waals surface area contributed by atoms with Crippen LogP contribution in [0.4, 0.5) is 5.69 Å². The molecule has 2 rings (SSSR count). The quantitative estimate of drug-likeness (QED) is 0.363. The molecule has 2 atom stereocenters. The summed E-state index contributed by atoms with van der Waals surface area (Å²) in [6.07, 6.45) is -1.28. The van der Waals surface area contributed by atoms with Crippen LogP contribution in [0.5, 0.6) is 0 Å². The summed E-state index contributed by atoms with van der Waals surface area (Å²) in [5.74, 6) is -0.481. The van der Waals surface area contributed by atoms with Crippen LogP contribution in [0.3, 0.4) is 0 Å². The Labute approximate surface area is 108 Å². The van der Waals surface area contributed by atoms with E-state index < -0.39 is 23.1 Å². The Bertz CT molecular complexity index is 504. The Morgan fingerprint density at radius 2 is 2.33 bits per heavy atom. The molecule has 96 valence electrons. The predicted molar refractivity (Wildman–Crippen MR) is 62.4 cm³/mol. The first-order valence-corrected chi connectivity index (χ1v) is 5.68. The molecule has 1 aromatic rings. The van der Waals surface area contributed by atoms with Gasteiger partial charge in [0.15, 0.2) is 6.10 Å². The van der Waals surface area contributed by atoms with Gasteiger partial charge in [-0.15, -0.1) is 0 Å². The smallest absolute Gasteiger partial charge is 0.338 e. The molecule has 0 amide bonds. The van der Waals surface area contributed by atoms with E-state index in [1.807, 2.05) is 0 Å². The van der Waals surface area contributed by atoms with Crippen molar-refractivity contribution in [1.82, 2.24) is 0 Å². The number of nitro groups is 1. The van der Waals surface area contributed by atoms with E-state index in [0.717, 1.165) is 0 Å². The van der Waals surface area contributed by atoms with Crippen LogP contribution >= 0.6 is 11.6 Å². The number of esters is 1. The van der Waals surface area contributed by atoms with Gasteiger partial charge in [-0.2, -0.15) is 0 Å². The Balaban J connectivity index is 2.18. The van der Waals surface area contributed by atoms with Crippen LogP contribution in [0, 0.1) is 10.1 Å². The fourth-order valence-corrected chi connectivity index (χ4v) is 1.84. The van der Waals surface area contributed by atoms with Crippen molar-refractivity contribution in [3.63, 3.8) is 0 Å². The van der Waals surface area contributed by atoms with E-state index in [4.69, 9.17) is 21.1 Å². The first kappa shape index (κ1) is 12.8. The normalized spacial score (nSPS) is 21.4. The summed E-state index contributed by atoms with van der Waals surface area (Å²) in [6, 6.07) is 4.03. The Hall–Kier alpha value is -1.66. The summed E-state index contributed by atoms with van der Waals surface area (Å²) in [6.45, 7) is 1.95. The maximum absolute atomic E-state index is 11.4. The molecule has 1 aliphatic heterocycles. The minimum Gasteiger partial charge on any atom is -0.464 e. The lowest BCUT2D eigenvalue weighted by Crippen LogP contribution is -2.12. The van der Waals surface area contributed by atoms with Crippen molar-refractivity contribution in [2.24, 2.45) is 0 Å². The van der Waals surface area contributed by atoms with Crippen LogP contribution in [-0.4, -0.2) is 23.6 Å².